The second-order valence-electron chi connectivity index (χ2n) is 8.98. The van der Waals surface area contributed by atoms with Crippen molar-refractivity contribution in [1.82, 2.24) is 15.2 Å². The molecule has 1 unspecified atom stereocenters. The van der Waals surface area contributed by atoms with Gasteiger partial charge < -0.3 is 10.2 Å². The molecule has 35 heavy (non-hydrogen) atoms. The number of nitrogens with one attached hydrogen (secondary N) is 1. The molecule has 0 aliphatic carbocycles. The first-order valence-electron chi connectivity index (χ1n) is 11.8. The SMILES string of the molecule is Cc1ccc(-c2csc(-c3ccc(CNC(=O)C4CC(=O)N(Cc5ccccc5)C4)cc3)n2)cc1. The summed E-state index contributed by atoms with van der Waals surface area (Å²) in [6, 6.07) is 26.4. The average Bonchev–Trinajstić information content (AvgIpc) is 3.51. The van der Waals surface area contributed by atoms with Crippen molar-refractivity contribution in [3.63, 3.8) is 0 Å². The molecule has 5 nitrogen and oxygen atoms in total. The van der Waals surface area contributed by atoms with Crippen molar-refractivity contribution in [2.75, 3.05) is 6.54 Å². The zero-order valence-corrected chi connectivity index (χ0v) is 20.4. The van der Waals surface area contributed by atoms with Gasteiger partial charge in [-0.05, 0) is 18.1 Å². The molecular weight excluding hydrogens is 454 g/mol. The molecule has 176 valence electrons. The summed E-state index contributed by atoms with van der Waals surface area (Å²) in [7, 11) is 0. The van der Waals surface area contributed by atoms with Gasteiger partial charge in [-0.3, -0.25) is 9.59 Å². The smallest absolute Gasteiger partial charge is 0.225 e. The van der Waals surface area contributed by atoms with E-state index in [1.165, 1.54) is 5.56 Å². The van der Waals surface area contributed by atoms with E-state index in [9.17, 15) is 9.59 Å². The lowest BCUT2D eigenvalue weighted by Crippen LogP contribution is -2.32. The van der Waals surface area contributed by atoms with E-state index in [-0.39, 0.29) is 24.2 Å². The van der Waals surface area contributed by atoms with Crippen LogP contribution in [-0.2, 0) is 22.7 Å². The van der Waals surface area contributed by atoms with Gasteiger partial charge in [0.15, 0.2) is 0 Å². The standard InChI is InChI=1S/C29H27N3O2S/c1-20-7-11-23(12-8-20)26-19-35-29(31-26)24-13-9-21(10-14-24)16-30-28(34)25-15-27(33)32(18-25)17-22-5-3-2-4-6-22/h2-14,19,25H,15-18H2,1H3,(H,30,34). The van der Waals surface area contributed by atoms with Crippen LogP contribution in [-0.4, -0.2) is 28.2 Å². The van der Waals surface area contributed by atoms with E-state index in [0.29, 0.717) is 19.6 Å². The van der Waals surface area contributed by atoms with Gasteiger partial charge in [-0.2, -0.15) is 0 Å². The van der Waals surface area contributed by atoms with E-state index in [2.05, 4.69) is 41.9 Å². The number of benzene rings is 3. The summed E-state index contributed by atoms with van der Waals surface area (Å²) >= 11 is 1.63. The van der Waals surface area contributed by atoms with E-state index in [4.69, 9.17) is 4.98 Å². The summed E-state index contributed by atoms with van der Waals surface area (Å²) in [5, 5.41) is 6.06. The lowest BCUT2D eigenvalue weighted by atomic mass is 10.1. The Hall–Kier alpha value is -3.77. The highest BCUT2D eigenvalue weighted by molar-refractivity contribution is 7.13. The summed E-state index contributed by atoms with van der Waals surface area (Å²) < 4.78 is 0. The monoisotopic (exact) mass is 481 g/mol. The van der Waals surface area contributed by atoms with Crippen LogP contribution in [0, 0.1) is 12.8 Å². The molecule has 1 fully saturated rings. The van der Waals surface area contributed by atoms with Crippen molar-refractivity contribution in [1.29, 1.82) is 0 Å². The van der Waals surface area contributed by atoms with Gasteiger partial charge >= 0.3 is 0 Å². The predicted molar refractivity (Wildman–Crippen MR) is 140 cm³/mol. The Kier molecular flexibility index (Phi) is 6.73. The molecule has 0 saturated carbocycles. The molecule has 0 bridgehead atoms. The fourth-order valence-electron chi connectivity index (χ4n) is 4.27. The number of likely N-dealkylation sites (tertiary alicyclic amines) is 1. The zero-order valence-electron chi connectivity index (χ0n) is 19.6. The minimum Gasteiger partial charge on any atom is -0.352 e. The van der Waals surface area contributed by atoms with Crippen molar-refractivity contribution in [3.8, 4) is 21.8 Å². The third-order valence-corrected chi connectivity index (χ3v) is 7.21. The van der Waals surface area contributed by atoms with Crippen LogP contribution in [0.2, 0.25) is 0 Å². The Bertz CT molecular complexity index is 1310. The van der Waals surface area contributed by atoms with Crippen molar-refractivity contribution in [2.45, 2.75) is 26.4 Å². The summed E-state index contributed by atoms with van der Waals surface area (Å²) in [4.78, 5) is 31.7. The first-order chi connectivity index (χ1) is 17.0. The number of carbonyl (C=O) groups is 2. The number of hydrogen-bond acceptors (Lipinski definition) is 4. The third kappa shape index (κ3) is 5.49. The maximum absolute atomic E-state index is 12.7. The molecule has 1 aromatic heterocycles. The molecule has 0 spiro atoms. The quantitative estimate of drug-likeness (QED) is 0.382. The molecule has 1 N–H and O–H groups in total. The minimum absolute atomic E-state index is 0.0341. The largest absolute Gasteiger partial charge is 0.352 e. The van der Waals surface area contributed by atoms with Gasteiger partial charge in [-0.1, -0.05) is 84.4 Å². The molecular formula is C29H27N3O2S. The lowest BCUT2D eigenvalue weighted by molar-refractivity contribution is -0.129. The molecule has 5 rings (SSSR count). The van der Waals surface area contributed by atoms with E-state index in [1.807, 2.05) is 54.6 Å². The Morgan fingerprint density at radius 1 is 0.971 bits per heavy atom. The summed E-state index contributed by atoms with van der Waals surface area (Å²) in [5.41, 5.74) is 6.48. The van der Waals surface area contributed by atoms with Gasteiger partial charge in [0.1, 0.15) is 5.01 Å². The normalized spacial score (nSPS) is 15.4. The molecule has 1 aliphatic rings. The molecule has 1 saturated heterocycles. The highest BCUT2D eigenvalue weighted by Crippen LogP contribution is 2.29. The number of aryl methyl sites for hydroxylation is 1. The van der Waals surface area contributed by atoms with Gasteiger partial charge in [0.25, 0.3) is 0 Å². The van der Waals surface area contributed by atoms with E-state index in [0.717, 1.165) is 33.0 Å². The topological polar surface area (TPSA) is 62.3 Å². The third-order valence-electron chi connectivity index (χ3n) is 6.32. The highest BCUT2D eigenvalue weighted by atomic mass is 32.1. The van der Waals surface area contributed by atoms with Crippen molar-refractivity contribution in [3.05, 3.63) is 101 Å². The molecule has 1 atom stereocenters. The van der Waals surface area contributed by atoms with E-state index in [1.54, 1.807) is 16.2 Å². The second kappa shape index (κ2) is 10.2. The number of carbonyl (C=O) groups excluding carboxylic acids is 2. The predicted octanol–water partition coefficient (Wildman–Crippen LogP) is 5.45. The molecule has 0 radical (unpaired) electrons. The molecule has 1 aliphatic heterocycles. The average molecular weight is 482 g/mol. The zero-order chi connectivity index (χ0) is 24.2. The van der Waals surface area contributed by atoms with E-state index >= 15 is 0 Å². The fraction of sp³-hybridized carbons (Fsp3) is 0.207. The molecule has 4 aromatic rings. The number of thiazole rings is 1. The van der Waals surface area contributed by atoms with Crippen LogP contribution in [0.4, 0.5) is 0 Å². The van der Waals surface area contributed by atoms with Gasteiger partial charge in [0, 0.05) is 42.6 Å². The van der Waals surface area contributed by atoms with Crippen molar-refractivity contribution in [2.24, 2.45) is 5.92 Å². The second-order valence-corrected chi connectivity index (χ2v) is 9.84. The number of aromatic nitrogens is 1. The molecule has 6 heteroatoms. The number of rotatable bonds is 7. The van der Waals surface area contributed by atoms with Crippen LogP contribution in [0.15, 0.2) is 84.2 Å². The number of nitrogens with zero attached hydrogens (tertiary/aromatic N) is 2. The van der Waals surface area contributed by atoms with Crippen LogP contribution in [0.1, 0.15) is 23.1 Å². The Balaban J connectivity index is 1.15. The molecule has 2 heterocycles. The van der Waals surface area contributed by atoms with Crippen LogP contribution in [0.25, 0.3) is 21.8 Å². The molecule has 2 amide bonds. The maximum Gasteiger partial charge on any atom is 0.225 e. The Labute approximate surface area is 209 Å². The van der Waals surface area contributed by atoms with E-state index < -0.39 is 0 Å². The highest BCUT2D eigenvalue weighted by Gasteiger charge is 2.34. The molecule has 3 aromatic carbocycles. The van der Waals surface area contributed by atoms with Crippen LogP contribution < -0.4 is 5.32 Å². The Morgan fingerprint density at radius 2 is 1.69 bits per heavy atom. The fourth-order valence-corrected chi connectivity index (χ4v) is 5.10. The van der Waals surface area contributed by atoms with Crippen LogP contribution in [0.3, 0.4) is 0 Å². The number of amides is 2. The van der Waals surface area contributed by atoms with Gasteiger partial charge in [-0.25, -0.2) is 4.98 Å². The summed E-state index contributed by atoms with van der Waals surface area (Å²) in [5.74, 6) is -0.339. The van der Waals surface area contributed by atoms with Gasteiger partial charge in [-0.15, -0.1) is 11.3 Å². The summed E-state index contributed by atoms with van der Waals surface area (Å²) in [6.45, 7) is 3.53. The van der Waals surface area contributed by atoms with Crippen LogP contribution >= 0.6 is 11.3 Å². The minimum atomic E-state index is -0.305. The van der Waals surface area contributed by atoms with Gasteiger partial charge in [0.2, 0.25) is 11.8 Å². The van der Waals surface area contributed by atoms with Gasteiger partial charge in [0.05, 0.1) is 11.6 Å². The number of hydrogen-bond donors (Lipinski definition) is 1. The summed E-state index contributed by atoms with van der Waals surface area (Å²) in [6.07, 6.45) is 0.269. The maximum atomic E-state index is 12.7. The Morgan fingerprint density at radius 3 is 2.43 bits per heavy atom. The van der Waals surface area contributed by atoms with Crippen molar-refractivity contribution < 1.29 is 9.59 Å². The van der Waals surface area contributed by atoms with Crippen molar-refractivity contribution >= 4 is 23.2 Å². The first-order valence-corrected chi connectivity index (χ1v) is 12.6. The van der Waals surface area contributed by atoms with Crippen LogP contribution in [0.5, 0.6) is 0 Å². The lowest BCUT2D eigenvalue weighted by Gasteiger charge is -2.16. The first kappa shape index (κ1) is 23.0.